The van der Waals surface area contributed by atoms with Gasteiger partial charge in [-0.25, -0.2) is 4.79 Å². The van der Waals surface area contributed by atoms with Gasteiger partial charge in [0, 0.05) is 32.5 Å². The predicted molar refractivity (Wildman–Crippen MR) is 82.1 cm³/mol. The zero-order valence-electron chi connectivity index (χ0n) is 11.9. The summed E-state index contributed by atoms with van der Waals surface area (Å²) in [6.07, 6.45) is 1.53. The highest BCUT2D eigenvalue weighted by molar-refractivity contribution is 5.85. The molecule has 5 nitrogen and oxygen atoms in total. The highest BCUT2D eigenvalue weighted by Crippen LogP contribution is 2.28. The lowest BCUT2D eigenvalue weighted by Crippen LogP contribution is -2.47. The lowest BCUT2D eigenvalue weighted by molar-refractivity contribution is -0.00147. The van der Waals surface area contributed by atoms with Crippen molar-refractivity contribution in [1.29, 1.82) is 0 Å². The molecule has 0 bridgehead atoms. The Kier molecular flexibility index (Phi) is 5.31. The summed E-state index contributed by atoms with van der Waals surface area (Å²) in [5.41, 5.74) is -0.256. The third-order valence-electron chi connectivity index (χ3n) is 4.05. The van der Waals surface area contributed by atoms with Gasteiger partial charge in [0.15, 0.2) is 0 Å². The Morgan fingerprint density at radius 1 is 1.24 bits per heavy atom. The number of nitrogens with one attached hydrogen (secondary N) is 1. The first-order chi connectivity index (χ1) is 9.76. The second-order valence-electron chi connectivity index (χ2n) is 5.43. The molecule has 0 unspecified atom stereocenters. The maximum atomic E-state index is 11.2. The molecule has 116 valence electrons. The number of carbonyl (C=O) groups is 1. The topological polar surface area (TPSA) is 50.8 Å². The van der Waals surface area contributed by atoms with Gasteiger partial charge in [0.25, 0.3) is 0 Å². The van der Waals surface area contributed by atoms with Crippen LogP contribution < -0.4 is 10.1 Å². The maximum Gasteiger partial charge on any atom is 0.407 e. The summed E-state index contributed by atoms with van der Waals surface area (Å²) >= 11 is 0. The smallest absolute Gasteiger partial charge is 0.407 e. The number of halogens is 1. The number of hydrogen-bond acceptors (Lipinski definition) is 4. The summed E-state index contributed by atoms with van der Waals surface area (Å²) in [4.78, 5) is 13.5. The molecule has 1 amide bonds. The van der Waals surface area contributed by atoms with Gasteiger partial charge in [0.05, 0.1) is 6.54 Å². The highest BCUT2D eigenvalue weighted by atomic mass is 35.5. The van der Waals surface area contributed by atoms with Gasteiger partial charge in [-0.05, 0) is 12.1 Å². The van der Waals surface area contributed by atoms with Crippen molar-refractivity contribution < 1.29 is 14.3 Å². The predicted octanol–water partition coefficient (Wildman–Crippen LogP) is 2.06. The van der Waals surface area contributed by atoms with Crippen molar-refractivity contribution in [2.75, 3.05) is 32.8 Å². The van der Waals surface area contributed by atoms with Gasteiger partial charge < -0.3 is 14.8 Å². The molecule has 2 fully saturated rings. The number of para-hydroxylation sites is 1. The van der Waals surface area contributed by atoms with Crippen LogP contribution in [-0.2, 0) is 4.74 Å². The van der Waals surface area contributed by atoms with Gasteiger partial charge in [0.2, 0.25) is 0 Å². The first-order valence-corrected chi connectivity index (χ1v) is 7.13. The van der Waals surface area contributed by atoms with Gasteiger partial charge in [-0.1, -0.05) is 18.2 Å². The second kappa shape index (κ2) is 7.00. The van der Waals surface area contributed by atoms with Crippen molar-refractivity contribution in [2.45, 2.75) is 18.4 Å². The molecule has 1 spiro atoms. The minimum absolute atomic E-state index is 0. The van der Waals surface area contributed by atoms with Crippen LogP contribution in [0.3, 0.4) is 0 Å². The zero-order chi connectivity index (χ0) is 13.8. The molecule has 0 radical (unpaired) electrons. The van der Waals surface area contributed by atoms with Crippen LogP contribution in [0.15, 0.2) is 30.3 Å². The van der Waals surface area contributed by atoms with Crippen LogP contribution in [-0.4, -0.2) is 49.4 Å². The Hall–Kier alpha value is -1.46. The van der Waals surface area contributed by atoms with Gasteiger partial charge in [-0.3, -0.25) is 4.90 Å². The number of piperidine rings is 1. The fourth-order valence-electron chi connectivity index (χ4n) is 2.77. The quantitative estimate of drug-likeness (QED) is 0.924. The Labute approximate surface area is 131 Å². The van der Waals surface area contributed by atoms with E-state index in [-0.39, 0.29) is 24.1 Å². The van der Waals surface area contributed by atoms with Crippen LogP contribution in [0.5, 0.6) is 5.75 Å². The highest BCUT2D eigenvalue weighted by Gasteiger charge is 2.42. The number of amides is 1. The third kappa shape index (κ3) is 4.02. The number of likely N-dealkylation sites (tertiary alicyclic amines) is 1. The fraction of sp³-hybridized carbons (Fsp3) is 0.533. The summed E-state index contributed by atoms with van der Waals surface area (Å²) in [7, 11) is 0. The Bertz CT molecular complexity index is 461. The molecule has 2 heterocycles. The number of alkyl carbamates (subject to hydrolysis) is 1. The molecule has 0 aliphatic carbocycles. The molecular weight excluding hydrogens is 292 g/mol. The summed E-state index contributed by atoms with van der Waals surface area (Å²) in [6, 6.07) is 9.86. The van der Waals surface area contributed by atoms with Crippen molar-refractivity contribution in [3.05, 3.63) is 30.3 Å². The summed E-state index contributed by atoms with van der Waals surface area (Å²) in [6.45, 7) is 4.15. The summed E-state index contributed by atoms with van der Waals surface area (Å²) < 4.78 is 11.1. The lowest BCUT2D eigenvalue weighted by Gasteiger charge is -2.36. The first-order valence-electron chi connectivity index (χ1n) is 7.13. The molecule has 21 heavy (non-hydrogen) atoms. The second-order valence-corrected chi connectivity index (χ2v) is 5.43. The molecule has 0 aromatic heterocycles. The van der Waals surface area contributed by atoms with Gasteiger partial charge in [0.1, 0.15) is 18.0 Å². The number of rotatable bonds is 4. The Balaban J connectivity index is 0.00000161. The normalized spacial score (nSPS) is 20.5. The lowest BCUT2D eigenvalue weighted by atomic mass is 9.92. The van der Waals surface area contributed by atoms with Gasteiger partial charge in [-0.15, -0.1) is 12.4 Å². The number of nitrogens with zero attached hydrogens (tertiary/aromatic N) is 1. The molecule has 0 saturated carbocycles. The van der Waals surface area contributed by atoms with Crippen molar-refractivity contribution in [1.82, 2.24) is 10.2 Å². The SMILES string of the molecule is Cl.O=C1NCC2(CCN(CCOc3ccccc3)CC2)O1. The summed E-state index contributed by atoms with van der Waals surface area (Å²) in [5, 5.41) is 2.76. The van der Waals surface area contributed by atoms with Crippen LogP contribution in [0.2, 0.25) is 0 Å². The first kappa shape index (κ1) is 15.9. The van der Waals surface area contributed by atoms with E-state index in [1.807, 2.05) is 30.3 Å². The molecule has 1 aromatic rings. The maximum absolute atomic E-state index is 11.2. The van der Waals surface area contributed by atoms with E-state index in [2.05, 4.69) is 10.2 Å². The van der Waals surface area contributed by atoms with E-state index in [4.69, 9.17) is 9.47 Å². The molecule has 2 aliphatic heterocycles. The number of carbonyl (C=O) groups excluding carboxylic acids is 1. The van der Waals surface area contributed by atoms with Crippen LogP contribution in [0.1, 0.15) is 12.8 Å². The average molecular weight is 313 g/mol. The van der Waals surface area contributed by atoms with Crippen LogP contribution in [0.25, 0.3) is 0 Å². The van der Waals surface area contributed by atoms with E-state index >= 15 is 0 Å². The van der Waals surface area contributed by atoms with E-state index in [9.17, 15) is 4.79 Å². The zero-order valence-corrected chi connectivity index (χ0v) is 12.7. The Morgan fingerprint density at radius 2 is 1.95 bits per heavy atom. The number of ether oxygens (including phenoxy) is 2. The van der Waals surface area contributed by atoms with Crippen LogP contribution in [0, 0.1) is 0 Å². The average Bonchev–Trinajstić information content (AvgIpc) is 2.84. The van der Waals surface area contributed by atoms with Gasteiger partial charge >= 0.3 is 6.09 Å². The van der Waals surface area contributed by atoms with Gasteiger partial charge in [-0.2, -0.15) is 0 Å². The van der Waals surface area contributed by atoms with Crippen LogP contribution in [0.4, 0.5) is 4.79 Å². The third-order valence-corrected chi connectivity index (χ3v) is 4.05. The van der Waals surface area contributed by atoms with E-state index in [0.717, 1.165) is 38.2 Å². The van der Waals surface area contributed by atoms with Crippen LogP contribution >= 0.6 is 12.4 Å². The molecule has 2 aliphatic rings. The standard InChI is InChI=1S/C15H20N2O3.ClH/c18-14-16-12-15(20-14)6-8-17(9-7-15)10-11-19-13-4-2-1-3-5-13;/h1-5H,6-12H2,(H,16,18);1H. The summed E-state index contributed by atoms with van der Waals surface area (Å²) in [5.74, 6) is 0.912. The molecule has 3 rings (SSSR count). The fourth-order valence-corrected chi connectivity index (χ4v) is 2.77. The van der Waals surface area contributed by atoms with E-state index in [1.165, 1.54) is 0 Å². The van der Waals surface area contributed by atoms with E-state index in [1.54, 1.807) is 0 Å². The van der Waals surface area contributed by atoms with Crippen molar-refractivity contribution >= 4 is 18.5 Å². The van der Waals surface area contributed by atoms with E-state index in [0.29, 0.717) is 13.2 Å². The van der Waals surface area contributed by atoms with Crippen molar-refractivity contribution in [3.8, 4) is 5.75 Å². The molecule has 0 atom stereocenters. The van der Waals surface area contributed by atoms with E-state index < -0.39 is 0 Å². The monoisotopic (exact) mass is 312 g/mol. The minimum Gasteiger partial charge on any atom is -0.492 e. The minimum atomic E-state index is -0.272. The number of hydrogen-bond donors (Lipinski definition) is 1. The largest absolute Gasteiger partial charge is 0.492 e. The molecule has 1 N–H and O–H groups in total. The molecular formula is C15H21ClN2O3. The number of benzene rings is 1. The Morgan fingerprint density at radius 3 is 2.57 bits per heavy atom. The van der Waals surface area contributed by atoms with Crippen molar-refractivity contribution in [3.63, 3.8) is 0 Å². The molecule has 2 saturated heterocycles. The molecule has 1 aromatic carbocycles. The van der Waals surface area contributed by atoms with Crippen molar-refractivity contribution in [2.24, 2.45) is 0 Å². The molecule has 6 heteroatoms.